The Balaban J connectivity index is 1.92. The Hall–Kier alpha value is -1.24. The maximum atomic E-state index is 12.9. The van der Waals surface area contributed by atoms with Crippen molar-refractivity contribution in [2.24, 2.45) is 5.41 Å². The Kier molecular flexibility index (Phi) is 6.17. The fourth-order valence-corrected chi connectivity index (χ4v) is 4.91. The topological polar surface area (TPSA) is 46.2 Å². The smallest absolute Gasteiger partial charge is 0.178 e. The number of halogens is 1. The first-order chi connectivity index (χ1) is 11.2. The molecule has 1 aromatic heterocycles. The van der Waals surface area contributed by atoms with Crippen molar-refractivity contribution in [2.75, 3.05) is 12.3 Å². The van der Waals surface area contributed by atoms with Crippen LogP contribution < -0.4 is 5.32 Å². The van der Waals surface area contributed by atoms with Gasteiger partial charge in [-0.1, -0.05) is 26.8 Å². The minimum Gasteiger partial charge on any atom is -0.309 e. The van der Waals surface area contributed by atoms with Crippen molar-refractivity contribution in [3.05, 3.63) is 52.5 Å². The zero-order valence-corrected chi connectivity index (χ0v) is 15.9. The second kappa shape index (κ2) is 7.76. The molecule has 24 heavy (non-hydrogen) atoms. The lowest BCUT2D eigenvalue weighted by Crippen LogP contribution is -2.33. The van der Waals surface area contributed by atoms with Crippen LogP contribution in [0.5, 0.6) is 0 Å². The van der Waals surface area contributed by atoms with E-state index in [4.69, 9.17) is 0 Å². The molecule has 0 saturated heterocycles. The maximum Gasteiger partial charge on any atom is 0.178 e. The quantitative estimate of drug-likeness (QED) is 0.580. The predicted molar refractivity (Wildman–Crippen MR) is 97.6 cm³/mol. The monoisotopic (exact) mass is 369 g/mol. The molecule has 1 aromatic carbocycles. The number of nitrogens with one attached hydrogen (secondary N) is 1. The molecule has 0 aliphatic rings. The second-order valence-electron chi connectivity index (χ2n) is 6.89. The molecular formula is C18H24FNO2S2. The van der Waals surface area contributed by atoms with Crippen molar-refractivity contribution in [1.29, 1.82) is 0 Å². The Labute approximate surface area is 147 Å². The standard InChI is InChI=1S/C18H24FNO2S2/c1-18(2,3)17(16-6-4-12-23-16)20-11-5-13-24(21,22)15-9-7-14(19)8-10-15/h4,6-10,12,17,20H,5,11,13H2,1-3H3. The molecule has 0 saturated carbocycles. The van der Waals surface area contributed by atoms with Gasteiger partial charge in [-0.05, 0) is 54.1 Å². The fraction of sp³-hybridized carbons (Fsp3) is 0.444. The van der Waals surface area contributed by atoms with E-state index in [1.165, 1.54) is 29.1 Å². The number of hydrogen-bond donors (Lipinski definition) is 1. The third-order valence-electron chi connectivity index (χ3n) is 3.80. The van der Waals surface area contributed by atoms with Gasteiger partial charge >= 0.3 is 0 Å². The summed E-state index contributed by atoms with van der Waals surface area (Å²) in [5.41, 5.74) is 0.0423. The summed E-state index contributed by atoms with van der Waals surface area (Å²) in [6.07, 6.45) is 0.512. The van der Waals surface area contributed by atoms with Gasteiger partial charge in [-0.15, -0.1) is 11.3 Å². The first kappa shape index (κ1) is 19.1. The highest BCUT2D eigenvalue weighted by molar-refractivity contribution is 7.91. The maximum absolute atomic E-state index is 12.9. The van der Waals surface area contributed by atoms with Crippen LogP contribution in [0.4, 0.5) is 4.39 Å². The lowest BCUT2D eigenvalue weighted by atomic mass is 9.86. The van der Waals surface area contributed by atoms with Crippen molar-refractivity contribution in [2.45, 2.75) is 38.1 Å². The van der Waals surface area contributed by atoms with Gasteiger partial charge in [-0.25, -0.2) is 12.8 Å². The van der Waals surface area contributed by atoms with Gasteiger partial charge in [0.05, 0.1) is 10.6 Å². The number of rotatable bonds is 7. The SMILES string of the molecule is CC(C)(C)C(NCCCS(=O)(=O)c1ccc(F)cc1)c1cccs1. The van der Waals surface area contributed by atoms with Crippen LogP contribution in [0.2, 0.25) is 0 Å². The third kappa shape index (κ3) is 5.13. The van der Waals surface area contributed by atoms with E-state index in [0.717, 1.165) is 0 Å². The van der Waals surface area contributed by atoms with Crippen LogP contribution in [0.25, 0.3) is 0 Å². The molecule has 2 rings (SSSR count). The van der Waals surface area contributed by atoms with Gasteiger partial charge in [0.15, 0.2) is 9.84 Å². The van der Waals surface area contributed by atoms with Crippen LogP contribution in [0, 0.1) is 11.2 Å². The highest BCUT2D eigenvalue weighted by Crippen LogP contribution is 2.35. The molecule has 0 spiro atoms. The van der Waals surface area contributed by atoms with Crippen molar-refractivity contribution < 1.29 is 12.8 Å². The van der Waals surface area contributed by atoms with Crippen molar-refractivity contribution in [3.8, 4) is 0 Å². The normalized spacial score (nSPS) is 13.8. The predicted octanol–water partition coefficient (Wildman–Crippen LogP) is 4.43. The van der Waals surface area contributed by atoms with E-state index in [0.29, 0.717) is 13.0 Å². The highest BCUT2D eigenvalue weighted by Gasteiger charge is 2.26. The zero-order valence-electron chi connectivity index (χ0n) is 14.3. The summed E-state index contributed by atoms with van der Waals surface area (Å²) in [6, 6.07) is 9.31. The second-order valence-corrected chi connectivity index (χ2v) is 9.98. The van der Waals surface area contributed by atoms with Crippen molar-refractivity contribution in [3.63, 3.8) is 0 Å². The van der Waals surface area contributed by atoms with E-state index in [9.17, 15) is 12.8 Å². The largest absolute Gasteiger partial charge is 0.309 e. The molecule has 0 aliphatic carbocycles. The van der Waals surface area contributed by atoms with E-state index in [2.05, 4.69) is 37.5 Å². The fourth-order valence-electron chi connectivity index (χ4n) is 2.56. The molecule has 0 bridgehead atoms. The van der Waals surface area contributed by atoms with Gasteiger partial charge in [-0.3, -0.25) is 0 Å². The molecule has 0 fully saturated rings. The summed E-state index contributed by atoms with van der Waals surface area (Å²) in [5.74, 6) is -0.382. The molecule has 1 N–H and O–H groups in total. The van der Waals surface area contributed by atoms with Gasteiger partial charge in [0.1, 0.15) is 5.82 Å². The molecule has 6 heteroatoms. The molecule has 0 aliphatic heterocycles. The molecule has 132 valence electrons. The van der Waals surface area contributed by atoms with Crippen LogP contribution in [-0.4, -0.2) is 20.7 Å². The van der Waals surface area contributed by atoms with Gasteiger partial charge in [0, 0.05) is 10.9 Å². The molecule has 2 aromatic rings. The number of hydrogen-bond acceptors (Lipinski definition) is 4. The van der Waals surface area contributed by atoms with Crippen LogP contribution in [-0.2, 0) is 9.84 Å². The van der Waals surface area contributed by atoms with Gasteiger partial charge in [0.2, 0.25) is 0 Å². The Morgan fingerprint density at radius 2 is 1.83 bits per heavy atom. The minimum absolute atomic E-state index is 0.0423. The van der Waals surface area contributed by atoms with E-state index < -0.39 is 15.7 Å². The van der Waals surface area contributed by atoms with Crippen LogP contribution in [0.15, 0.2) is 46.7 Å². The summed E-state index contributed by atoms with van der Waals surface area (Å²) in [6.45, 7) is 7.11. The molecule has 0 amide bonds. The van der Waals surface area contributed by atoms with Crippen molar-refractivity contribution >= 4 is 21.2 Å². The minimum atomic E-state index is -3.37. The average molecular weight is 370 g/mol. The summed E-state index contributed by atoms with van der Waals surface area (Å²) in [5, 5.41) is 5.53. The summed E-state index contributed by atoms with van der Waals surface area (Å²) >= 11 is 1.70. The number of thiophene rings is 1. The molecule has 0 radical (unpaired) electrons. The van der Waals surface area contributed by atoms with Crippen LogP contribution in [0.3, 0.4) is 0 Å². The number of benzene rings is 1. The van der Waals surface area contributed by atoms with Crippen LogP contribution in [0.1, 0.15) is 38.1 Å². The summed E-state index contributed by atoms with van der Waals surface area (Å²) in [4.78, 5) is 1.43. The lowest BCUT2D eigenvalue weighted by Gasteiger charge is -2.31. The van der Waals surface area contributed by atoms with Gasteiger partial charge < -0.3 is 5.32 Å². The average Bonchev–Trinajstić information content (AvgIpc) is 3.00. The lowest BCUT2D eigenvalue weighted by molar-refractivity contribution is 0.277. The highest BCUT2D eigenvalue weighted by atomic mass is 32.2. The number of sulfone groups is 1. The summed E-state index contributed by atoms with van der Waals surface area (Å²) in [7, 11) is -3.37. The third-order valence-corrected chi connectivity index (χ3v) is 6.56. The Morgan fingerprint density at radius 1 is 1.17 bits per heavy atom. The van der Waals surface area contributed by atoms with E-state index in [-0.39, 0.29) is 22.1 Å². The molecule has 1 atom stereocenters. The first-order valence-electron chi connectivity index (χ1n) is 7.95. The first-order valence-corrected chi connectivity index (χ1v) is 10.5. The van der Waals surface area contributed by atoms with Crippen molar-refractivity contribution in [1.82, 2.24) is 5.32 Å². The van der Waals surface area contributed by atoms with Gasteiger partial charge in [0.25, 0.3) is 0 Å². The summed E-state index contributed by atoms with van der Waals surface area (Å²) < 4.78 is 37.4. The van der Waals surface area contributed by atoms with E-state index in [1.54, 1.807) is 11.3 Å². The van der Waals surface area contributed by atoms with E-state index >= 15 is 0 Å². The molecule has 1 heterocycles. The molecule has 1 unspecified atom stereocenters. The zero-order chi connectivity index (χ0) is 17.8. The Morgan fingerprint density at radius 3 is 2.38 bits per heavy atom. The van der Waals surface area contributed by atoms with E-state index in [1.807, 2.05) is 6.07 Å². The molecule has 3 nitrogen and oxygen atoms in total. The molecular weight excluding hydrogens is 345 g/mol. The van der Waals surface area contributed by atoms with Crippen LogP contribution >= 0.6 is 11.3 Å². The van der Waals surface area contributed by atoms with Gasteiger partial charge in [-0.2, -0.15) is 0 Å². The Bertz CT molecular complexity index is 732.